The summed E-state index contributed by atoms with van der Waals surface area (Å²) >= 11 is 0. The second-order valence-corrected chi connectivity index (χ2v) is 5.44. The van der Waals surface area contributed by atoms with E-state index in [-0.39, 0.29) is 6.10 Å². The Balaban J connectivity index is 1.81. The summed E-state index contributed by atoms with van der Waals surface area (Å²) in [4.78, 5) is 0. The van der Waals surface area contributed by atoms with Gasteiger partial charge in [0.2, 0.25) is 0 Å². The highest BCUT2D eigenvalue weighted by Crippen LogP contribution is 2.40. The first-order valence-corrected chi connectivity index (χ1v) is 6.69. The smallest absolute Gasteiger partial charge is 0.0855 e. The minimum Gasteiger partial charge on any atom is -0.390 e. The van der Waals surface area contributed by atoms with Crippen LogP contribution in [0, 0.1) is 0 Å². The summed E-state index contributed by atoms with van der Waals surface area (Å²) in [5.41, 5.74) is 2.21. The molecule has 92 valence electrons. The van der Waals surface area contributed by atoms with E-state index in [4.69, 9.17) is 4.74 Å². The Morgan fingerprint density at radius 1 is 1.24 bits per heavy atom. The highest BCUT2D eigenvalue weighted by molar-refractivity contribution is 5.31. The van der Waals surface area contributed by atoms with E-state index in [1.165, 1.54) is 11.1 Å². The molecule has 2 nitrogen and oxygen atoms in total. The Bertz CT molecular complexity index is 394. The molecule has 1 aliphatic heterocycles. The first kappa shape index (κ1) is 11.2. The van der Waals surface area contributed by atoms with Gasteiger partial charge in [0.15, 0.2) is 0 Å². The van der Waals surface area contributed by atoms with Gasteiger partial charge in [0.25, 0.3) is 0 Å². The minimum atomic E-state index is -0.477. The lowest BCUT2D eigenvalue weighted by Gasteiger charge is -2.32. The number of hydrogen-bond acceptors (Lipinski definition) is 2. The monoisotopic (exact) mass is 232 g/mol. The van der Waals surface area contributed by atoms with Crippen LogP contribution in [-0.4, -0.2) is 17.3 Å². The third-order valence-electron chi connectivity index (χ3n) is 4.19. The van der Waals surface area contributed by atoms with Gasteiger partial charge >= 0.3 is 0 Å². The van der Waals surface area contributed by atoms with Gasteiger partial charge in [-0.1, -0.05) is 37.1 Å². The predicted molar refractivity (Wildman–Crippen MR) is 66.9 cm³/mol. The van der Waals surface area contributed by atoms with Crippen LogP contribution in [0.3, 0.4) is 0 Å². The van der Waals surface area contributed by atoms with Gasteiger partial charge in [0, 0.05) is 6.42 Å². The fourth-order valence-electron chi connectivity index (χ4n) is 3.23. The Morgan fingerprint density at radius 3 is 2.82 bits per heavy atom. The summed E-state index contributed by atoms with van der Waals surface area (Å²) in [7, 11) is 0. The maximum absolute atomic E-state index is 10.5. The molecule has 1 aliphatic carbocycles. The molecule has 1 unspecified atom stereocenters. The standard InChI is InChI=1S/C15H20O2/c16-15(8-3-4-9-15)11-14-13-6-2-1-5-12(13)7-10-17-14/h1-2,5-6,14,16H,3-4,7-11H2. The third-order valence-corrected chi connectivity index (χ3v) is 4.19. The van der Waals surface area contributed by atoms with E-state index in [2.05, 4.69) is 24.3 Å². The van der Waals surface area contributed by atoms with Crippen LogP contribution >= 0.6 is 0 Å². The number of hydrogen-bond donors (Lipinski definition) is 1. The number of fused-ring (bicyclic) bond motifs is 1. The van der Waals surface area contributed by atoms with Gasteiger partial charge in [-0.2, -0.15) is 0 Å². The van der Waals surface area contributed by atoms with Gasteiger partial charge in [-0.3, -0.25) is 0 Å². The average Bonchev–Trinajstić information content (AvgIpc) is 2.76. The molecule has 0 saturated heterocycles. The van der Waals surface area contributed by atoms with Crippen molar-refractivity contribution in [2.45, 2.75) is 50.2 Å². The summed E-state index contributed by atoms with van der Waals surface area (Å²) < 4.78 is 5.87. The van der Waals surface area contributed by atoms with E-state index in [9.17, 15) is 5.11 Å². The molecule has 1 aromatic rings. The lowest BCUT2D eigenvalue weighted by molar-refractivity contribution is -0.0424. The van der Waals surface area contributed by atoms with Crippen LogP contribution in [0.4, 0.5) is 0 Å². The van der Waals surface area contributed by atoms with Crippen LogP contribution in [-0.2, 0) is 11.2 Å². The van der Waals surface area contributed by atoms with Crippen molar-refractivity contribution in [3.8, 4) is 0 Å². The molecule has 0 spiro atoms. The molecule has 1 heterocycles. The van der Waals surface area contributed by atoms with Gasteiger partial charge in [-0.15, -0.1) is 0 Å². The van der Waals surface area contributed by atoms with Crippen molar-refractivity contribution in [1.82, 2.24) is 0 Å². The first-order valence-electron chi connectivity index (χ1n) is 6.69. The van der Waals surface area contributed by atoms with E-state index in [0.717, 1.165) is 45.1 Å². The molecular weight excluding hydrogens is 212 g/mol. The normalized spacial score (nSPS) is 26.8. The Labute approximate surface area is 103 Å². The maximum Gasteiger partial charge on any atom is 0.0855 e. The summed E-state index contributed by atoms with van der Waals surface area (Å²) in [6, 6.07) is 8.49. The fourth-order valence-corrected chi connectivity index (χ4v) is 3.23. The van der Waals surface area contributed by atoms with Gasteiger partial charge in [-0.05, 0) is 30.4 Å². The second-order valence-electron chi connectivity index (χ2n) is 5.44. The largest absolute Gasteiger partial charge is 0.390 e. The minimum absolute atomic E-state index is 0.100. The summed E-state index contributed by atoms with van der Waals surface area (Å²) in [6.45, 7) is 0.789. The quantitative estimate of drug-likeness (QED) is 0.849. The molecule has 1 atom stereocenters. The van der Waals surface area contributed by atoms with Gasteiger partial charge < -0.3 is 9.84 Å². The van der Waals surface area contributed by atoms with Crippen LogP contribution in [0.5, 0.6) is 0 Å². The van der Waals surface area contributed by atoms with Crippen molar-refractivity contribution in [1.29, 1.82) is 0 Å². The highest BCUT2D eigenvalue weighted by Gasteiger charge is 2.35. The Morgan fingerprint density at radius 2 is 2.00 bits per heavy atom. The fraction of sp³-hybridized carbons (Fsp3) is 0.600. The lowest BCUT2D eigenvalue weighted by Crippen LogP contribution is -2.30. The van der Waals surface area contributed by atoms with Gasteiger partial charge in [0.05, 0.1) is 18.3 Å². The lowest BCUT2D eigenvalue weighted by atomic mass is 9.87. The van der Waals surface area contributed by atoms with Crippen molar-refractivity contribution in [2.75, 3.05) is 6.61 Å². The molecule has 1 aromatic carbocycles. The number of aliphatic hydroxyl groups is 1. The SMILES string of the molecule is OC1(CC2OCCc3ccccc32)CCCC1. The predicted octanol–water partition coefficient (Wildman–Crippen LogP) is 3.00. The molecule has 1 N–H and O–H groups in total. The molecule has 0 bridgehead atoms. The van der Waals surface area contributed by atoms with E-state index < -0.39 is 5.60 Å². The summed E-state index contributed by atoms with van der Waals surface area (Å²) in [5, 5.41) is 10.5. The van der Waals surface area contributed by atoms with Crippen molar-refractivity contribution in [3.63, 3.8) is 0 Å². The molecule has 17 heavy (non-hydrogen) atoms. The molecule has 1 fully saturated rings. The molecule has 2 aliphatic rings. The van der Waals surface area contributed by atoms with Crippen LogP contribution in [0.1, 0.15) is 49.3 Å². The molecule has 3 rings (SSSR count). The first-order chi connectivity index (χ1) is 8.27. The van der Waals surface area contributed by atoms with Crippen molar-refractivity contribution >= 4 is 0 Å². The number of ether oxygens (including phenoxy) is 1. The molecule has 2 heteroatoms. The number of benzene rings is 1. The summed E-state index contributed by atoms with van der Waals surface area (Å²) in [5.74, 6) is 0. The number of rotatable bonds is 2. The Hall–Kier alpha value is -0.860. The molecular formula is C15H20O2. The van der Waals surface area contributed by atoms with Crippen molar-refractivity contribution in [3.05, 3.63) is 35.4 Å². The summed E-state index contributed by atoms with van der Waals surface area (Å²) in [6.07, 6.45) is 6.07. The van der Waals surface area contributed by atoms with Crippen molar-refractivity contribution < 1.29 is 9.84 Å². The van der Waals surface area contributed by atoms with Crippen LogP contribution in [0.15, 0.2) is 24.3 Å². The van der Waals surface area contributed by atoms with Gasteiger partial charge in [-0.25, -0.2) is 0 Å². The van der Waals surface area contributed by atoms with Crippen molar-refractivity contribution in [2.24, 2.45) is 0 Å². The van der Waals surface area contributed by atoms with Crippen LogP contribution in [0.25, 0.3) is 0 Å². The van der Waals surface area contributed by atoms with E-state index in [1.807, 2.05) is 0 Å². The van der Waals surface area contributed by atoms with Gasteiger partial charge in [0.1, 0.15) is 0 Å². The van der Waals surface area contributed by atoms with Crippen LogP contribution in [0.2, 0.25) is 0 Å². The van der Waals surface area contributed by atoms with E-state index >= 15 is 0 Å². The second kappa shape index (κ2) is 4.43. The zero-order chi connectivity index (χ0) is 11.7. The van der Waals surface area contributed by atoms with Crippen LogP contribution < -0.4 is 0 Å². The Kier molecular flexibility index (Phi) is 2.93. The molecule has 1 saturated carbocycles. The van der Waals surface area contributed by atoms with E-state index in [1.54, 1.807) is 0 Å². The average molecular weight is 232 g/mol. The zero-order valence-corrected chi connectivity index (χ0v) is 10.2. The maximum atomic E-state index is 10.5. The highest BCUT2D eigenvalue weighted by atomic mass is 16.5. The molecule has 0 aromatic heterocycles. The molecule has 0 amide bonds. The topological polar surface area (TPSA) is 29.5 Å². The third kappa shape index (κ3) is 2.24. The zero-order valence-electron chi connectivity index (χ0n) is 10.2. The van der Waals surface area contributed by atoms with E-state index in [0.29, 0.717) is 0 Å². The molecule has 0 radical (unpaired) electrons.